The highest BCUT2D eigenvalue weighted by atomic mass is 35.5. The van der Waals surface area contributed by atoms with Crippen LogP contribution in [-0.2, 0) is 12.0 Å². The van der Waals surface area contributed by atoms with Crippen LogP contribution < -0.4 is 10.6 Å². The van der Waals surface area contributed by atoms with Gasteiger partial charge in [0.25, 0.3) is 0 Å². The van der Waals surface area contributed by atoms with Gasteiger partial charge < -0.3 is 15.2 Å². The average Bonchev–Trinajstić information content (AvgIpc) is 3.25. The molecule has 0 bridgehead atoms. The van der Waals surface area contributed by atoms with Gasteiger partial charge in [-0.15, -0.1) is 0 Å². The Hall–Kier alpha value is -2.08. The van der Waals surface area contributed by atoms with Crippen LogP contribution >= 0.6 is 11.6 Å². The average molecular weight is 348 g/mol. The standard InChI is InChI=1S/C17H22ClN5O/c1-3-19-16(20-10-15-22-12(2)23-24-15)21-11-17(7-8-17)13-5-4-6-14(18)9-13/h4-6,9H,3,7-8,10-11H2,1-2H3,(H2,19,20,21). The molecule has 1 saturated carbocycles. The SMILES string of the molecule is CCNC(=NCc1nc(C)no1)NCC1(c2cccc(Cl)c2)CC1. The molecule has 1 fully saturated rings. The lowest BCUT2D eigenvalue weighted by Gasteiger charge is -2.19. The van der Waals surface area contributed by atoms with E-state index >= 15 is 0 Å². The number of aliphatic imine (C=N–C) groups is 1. The highest BCUT2D eigenvalue weighted by molar-refractivity contribution is 6.30. The quantitative estimate of drug-likeness (QED) is 0.620. The zero-order chi connectivity index (χ0) is 17.0. The first-order valence-electron chi connectivity index (χ1n) is 8.19. The lowest BCUT2D eigenvalue weighted by Crippen LogP contribution is -2.41. The lowest BCUT2D eigenvalue weighted by molar-refractivity contribution is 0.376. The van der Waals surface area contributed by atoms with Gasteiger partial charge in [-0.1, -0.05) is 28.9 Å². The Kier molecular flexibility index (Phi) is 5.04. The third-order valence-electron chi connectivity index (χ3n) is 4.17. The minimum absolute atomic E-state index is 0.155. The van der Waals surface area contributed by atoms with Crippen molar-refractivity contribution >= 4 is 17.6 Å². The van der Waals surface area contributed by atoms with Crippen LogP contribution in [0.25, 0.3) is 0 Å². The summed E-state index contributed by atoms with van der Waals surface area (Å²) in [6.07, 6.45) is 2.31. The van der Waals surface area contributed by atoms with Crippen molar-refractivity contribution in [3.8, 4) is 0 Å². The summed E-state index contributed by atoms with van der Waals surface area (Å²) >= 11 is 6.13. The molecule has 1 heterocycles. The number of hydrogen-bond acceptors (Lipinski definition) is 4. The minimum atomic E-state index is 0.155. The molecular weight excluding hydrogens is 326 g/mol. The number of guanidine groups is 1. The molecule has 0 unspecified atom stereocenters. The van der Waals surface area contributed by atoms with Crippen LogP contribution in [0.3, 0.4) is 0 Å². The monoisotopic (exact) mass is 347 g/mol. The molecule has 24 heavy (non-hydrogen) atoms. The molecule has 128 valence electrons. The highest BCUT2D eigenvalue weighted by Gasteiger charge is 2.44. The summed E-state index contributed by atoms with van der Waals surface area (Å²) in [4.78, 5) is 8.68. The van der Waals surface area contributed by atoms with E-state index in [0.717, 1.165) is 36.9 Å². The van der Waals surface area contributed by atoms with Crippen molar-refractivity contribution in [3.05, 3.63) is 46.6 Å². The fourth-order valence-electron chi connectivity index (χ4n) is 2.68. The molecule has 2 aromatic rings. The first-order valence-corrected chi connectivity index (χ1v) is 8.56. The number of hydrogen-bond donors (Lipinski definition) is 2. The molecule has 1 aliphatic rings. The Morgan fingerprint density at radius 1 is 1.38 bits per heavy atom. The van der Waals surface area contributed by atoms with Gasteiger partial charge in [-0.2, -0.15) is 4.98 Å². The molecule has 2 N–H and O–H groups in total. The Morgan fingerprint density at radius 2 is 2.21 bits per heavy atom. The van der Waals surface area contributed by atoms with Gasteiger partial charge in [0.1, 0.15) is 6.54 Å². The molecular formula is C17H22ClN5O. The Bertz CT molecular complexity index is 723. The van der Waals surface area contributed by atoms with Gasteiger partial charge in [-0.25, -0.2) is 4.99 Å². The number of aryl methyl sites for hydroxylation is 1. The molecule has 6 nitrogen and oxygen atoms in total. The van der Waals surface area contributed by atoms with Crippen molar-refractivity contribution in [1.82, 2.24) is 20.8 Å². The minimum Gasteiger partial charge on any atom is -0.357 e. The number of aromatic nitrogens is 2. The van der Waals surface area contributed by atoms with Gasteiger partial charge >= 0.3 is 0 Å². The summed E-state index contributed by atoms with van der Waals surface area (Å²) in [6, 6.07) is 8.12. The third kappa shape index (κ3) is 4.06. The maximum absolute atomic E-state index is 6.13. The summed E-state index contributed by atoms with van der Waals surface area (Å²) in [6.45, 7) is 5.81. The Balaban J connectivity index is 1.63. The van der Waals surface area contributed by atoms with Crippen LogP contribution in [0.5, 0.6) is 0 Å². The second-order valence-corrected chi connectivity index (χ2v) is 6.51. The first kappa shape index (κ1) is 16.8. The molecule has 0 amide bonds. The van der Waals surface area contributed by atoms with E-state index in [1.807, 2.05) is 19.1 Å². The second kappa shape index (κ2) is 7.21. The molecule has 1 aromatic carbocycles. The predicted molar refractivity (Wildman–Crippen MR) is 94.2 cm³/mol. The first-order chi connectivity index (χ1) is 11.6. The van der Waals surface area contributed by atoms with Crippen LogP contribution in [0.1, 0.15) is 37.0 Å². The van der Waals surface area contributed by atoms with E-state index in [0.29, 0.717) is 18.3 Å². The van der Waals surface area contributed by atoms with Crippen LogP contribution in [-0.4, -0.2) is 29.2 Å². The summed E-state index contributed by atoms with van der Waals surface area (Å²) in [5.74, 6) is 1.89. The van der Waals surface area contributed by atoms with E-state index in [1.165, 1.54) is 5.56 Å². The molecule has 0 radical (unpaired) electrons. The smallest absolute Gasteiger partial charge is 0.248 e. The Morgan fingerprint density at radius 3 is 2.83 bits per heavy atom. The predicted octanol–water partition coefficient (Wildman–Crippen LogP) is 2.82. The van der Waals surface area contributed by atoms with E-state index in [2.05, 4.69) is 37.9 Å². The topological polar surface area (TPSA) is 75.3 Å². The van der Waals surface area contributed by atoms with E-state index in [-0.39, 0.29) is 5.41 Å². The third-order valence-corrected chi connectivity index (χ3v) is 4.41. The number of nitrogens with one attached hydrogen (secondary N) is 2. The summed E-state index contributed by atoms with van der Waals surface area (Å²) < 4.78 is 5.09. The van der Waals surface area contributed by atoms with E-state index < -0.39 is 0 Å². The van der Waals surface area contributed by atoms with Crippen molar-refractivity contribution in [2.45, 2.75) is 38.6 Å². The fraction of sp³-hybridized carbons (Fsp3) is 0.471. The zero-order valence-corrected chi connectivity index (χ0v) is 14.7. The van der Waals surface area contributed by atoms with Crippen molar-refractivity contribution in [2.75, 3.05) is 13.1 Å². The van der Waals surface area contributed by atoms with Gasteiger partial charge in [-0.05, 0) is 44.4 Å². The van der Waals surface area contributed by atoms with Gasteiger partial charge in [0.2, 0.25) is 5.89 Å². The molecule has 0 aliphatic heterocycles. The van der Waals surface area contributed by atoms with Gasteiger partial charge in [0.05, 0.1) is 0 Å². The lowest BCUT2D eigenvalue weighted by atomic mass is 9.96. The van der Waals surface area contributed by atoms with Gasteiger partial charge in [0, 0.05) is 23.5 Å². The summed E-state index contributed by atoms with van der Waals surface area (Å²) in [7, 11) is 0. The van der Waals surface area contributed by atoms with Gasteiger partial charge in [-0.3, -0.25) is 0 Å². The molecule has 1 aromatic heterocycles. The highest BCUT2D eigenvalue weighted by Crippen LogP contribution is 2.48. The maximum atomic E-state index is 6.13. The van der Waals surface area contributed by atoms with Crippen LogP contribution in [0.4, 0.5) is 0 Å². The molecule has 0 atom stereocenters. The van der Waals surface area contributed by atoms with Crippen LogP contribution in [0, 0.1) is 6.92 Å². The molecule has 3 rings (SSSR count). The van der Waals surface area contributed by atoms with Crippen LogP contribution in [0.2, 0.25) is 5.02 Å². The van der Waals surface area contributed by atoms with Crippen molar-refractivity contribution in [3.63, 3.8) is 0 Å². The number of nitrogens with zero attached hydrogens (tertiary/aromatic N) is 3. The fourth-order valence-corrected chi connectivity index (χ4v) is 2.87. The van der Waals surface area contributed by atoms with Crippen molar-refractivity contribution < 1.29 is 4.52 Å². The van der Waals surface area contributed by atoms with E-state index in [1.54, 1.807) is 6.92 Å². The largest absolute Gasteiger partial charge is 0.357 e. The molecule has 7 heteroatoms. The van der Waals surface area contributed by atoms with Gasteiger partial charge in [0.15, 0.2) is 11.8 Å². The number of rotatable bonds is 6. The number of halogens is 1. The normalized spacial score (nSPS) is 16.0. The number of benzene rings is 1. The summed E-state index contributed by atoms with van der Waals surface area (Å²) in [5, 5.41) is 11.2. The summed E-state index contributed by atoms with van der Waals surface area (Å²) in [5.41, 5.74) is 1.44. The Labute approximate surface area is 146 Å². The molecule has 0 saturated heterocycles. The maximum Gasteiger partial charge on any atom is 0.248 e. The van der Waals surface area contributed by atoms with E-state index in [4.69, 9.17) is 16.1 Å². The second-order valence-electron chi connectivity index (χ2n) is 6.07. The van der Waals surface area contributed by atoms with Crippen molar-refractivity contribution in [1.29, 1.82) is 0 Å². The zero-order valence-electron chi connectivity index (χ0n) is 14.0. The van der Waals surface area contributed by atoms with E-state index in [9.17, 15) is 0 Å². The van der Waals surface area contributed by atoms with Crippen LogP contribution in [0.15, 0.2) is 33.8 Å². The van der Waals surface area contributed by atoms with Crippen molar-refractivity contribution in [2.24, 2.45) is 4.99 Å². The molecule has 0 spiro atoms. The molecule has 1 aliphatic carbocycles.